The summed E-state index contributed by atoms with van der Waals surface area (Å²) in [5.74, 6) is -0.367. The van der Waals surface area contributed by atoms with E-state index in [-0.39, 0.29) is 5.97 Å². The number of hydrogen-bond acceptors (Lipinski definition) is 4. The van der Waals surface area contributed by atoms with E-state index < -0.39 is 0 Å². The Hall–Kier alpha value is -2.22. The predicted molar refractivity (Wildman–Crippen MR) is 129 cm³/mol. The minimum absolute atomic E-state index is 0.316. The highest BCUT2D eigenvalue weighted by atomic mass is 79.9. The average Bonchev–Trinajstić information content (AvgIpc) is 3.14. The van der Waals surface area contributed by atoms with E-state index in [9.17, 15) is 4.79 Å². The lowest BCUT2D eigenvalue weighted by Gasteiger charge is -2.14. The molecule has 0 aliphatic heterocycles. The SMILES string of the molecule is CCOC(=O)c1cc(-c2ccccc2)sc1NC(=S)Nc1ccc(Br)cc1CC. The number of thiocarbonyl (C=S) groups is 1. The van der Waals surface area contributed by atoms with E-state index in [1.54, 1.807) is 6.92 Å². The van der Waals surface area contributed by atoms with Gasteiger partial charge in [-0.3, -0.25) is 0 Å². The molecule has 3 rings (SSSR count). The monoisotopic (exact) mass is 488 g/mol. The summed E-state index contributed by atoms with van der Waals surface area (Å²) in [5, 5.41) is 7.51. The molecule has 7 heteroatoms. The van der Waals surface area contributed by atoms with E-state index in [4.69, 9.17) is 17.0 Å². The maximum atomic E-state index is 12.5. The fourth-order valence-corrected chi connectivity index (χ4v) is 4.56. The van der Waals surface area contributed by atoms with Gasteiger partial charge in [0.05, 0.1) is 12.2 Å². The highest BCUT2D eigenvalue weighted by Gasteiger charge is 2.19. The van der Waals surface area contributed by atoms with E-state index in [1.165, 1.54) is 11.3 Å². The molecule has 0 aliphatic rings. The first-order valence-electron chi connectivity index (χ1n) is 9.24. The van der Waals surface area contributed by atoms with Gasteiger partial charge in [0.1, 0.15) is 5.00 Å². The summed E-state index contributed by atoms with van der Waals surface area (Å²) in [4.78, 5) is 13.4. The van der Waals surface area contributed by atoms with Crippen LogP contribution >= 0.6 is 39.5 Å². The van der Waals surface area contributed by atoms with Gasteiger partial charge in [-0.2, -0.15) is 0 Å². The normalized spacial score (nSPS) is 10.4. The maximum absolute atomic E-state index is 12.5. The van der Waals surface area contributed by atoms with Crippen molar-refractivity contribution in [1.82, 2.24) is 0 Å². The maximum Gasteiger partial charge on any atom is 0.341 e. The lowest BCUT2D eigenvalue weighted by Crippen LogP contribution is -2.20. The number of esters is 1. The van der Waals surface area contributed by atoms with E-state index in [2.05, 4.69) is 39.6 Å². The van der Waals surface area contributed by atoms with Crippen molar-refractivity contribution in [3.63, 3.8) is 0 Å². The summed E-state index contributed by atoms with van der Waals surface area (Å²) in [5.41, 5.74) is 3.60. The molecule has 1 heterocycles. The molecule has 0 spiro atoms. The van der Waals surface area contributed by atoms with Crippen LogP contribution in [0.3, 0.4) is 0 Å². The Morgan fingerprint density at radius 2 is 1.86 bits per heavy atom. The van der Waals surface area contributed by atoms with Crippen molar-refractivity contribution >= 4 is 61.3 Å². The molecule has 2 N–H and O–H groups in total. The molecule has 2 aromatic carbocycles. The second kappa shape index (κ2) is 10.0. The molecule has 0 atom stereocenters. The first-order chi connectivity index (χ1) is 14.0. The topological polar surface area (TPSA) is 50.4 Å². The Balaban J connectivity index is 1.86. The molecule has 150 valence electrons. The van der Waals surface area contributed by atoms with Crippen LogP contribution in [0.5, 0.6) is 0 Å². The van der Waals surface area contributed by atoms with E-state index in [0.29, 0.717) is 22.3 Å². The zero-order chi connectivity index (χ0) is 20.8. The van der Waals surface area contributed by atoms with Gasteiger partial charge < -0.3 is 15.4 Å². The van der Waals surface area contributed by atoms with Crippen molar-refractivity contribution in [2.75, 3.05) is 17.2 Å². The summed E-state index contributed by atoms with van der Waals surface area (Å²) in [7, 11) is 0. The Morgan fingerprint density at radius 1 is 1.10 bits per heavy atom. The van der Waals surface area contributed by atoms with Gasteiger partial charge >= 0.3 is 5.97 Å². The molecule has 3 aromatic rings. The number of hydrogen-bond donors (Lipinski definition) is 2. The lowest BCUT2D eigenvalue weighted by molar-refractivity contribution is 0.0528. The minimum Gasteiger partial charge on any atom is -0.462 e. The smallest absolute Gasteiger partial charge is 0.341 e. The summed E-state index contributed by atoms with van der Waals surface area (Å²) in [6.07, 6.45) is 0.871. The molecular formula is C22H21BrN2O2S2. The number of carbonyl (C=O) groups excluding carboxylic acids is 1. The summed E-state index contributed by atoms with van der Waals surface area (Å²) < 4.78 is 6.25. The number of aryl methyl sites for hydroxylation is 1. The average molecular weight is 489 g/mol. The van der Waals surface area contributed by atoms with E-state index in [1.807, 2.05) is 48.5 Å². The second-order valence-corrected chi connectivity index (χ2v) is 8.55. The molecule has 0 aliphatic carbocycles. The first kappa shape index (κ1) is 21.5. The third-order valence-corrected chi connectivity index (χ3v) is 6.01. The van der Waals surface area contributed by atoms with Crippen LogP contribution in [-0.4, -0.2) is 17.7 Å². The Labute approximate surface area is 188 Å². The van der Waals surface area contributed by atoms with Crippen molar-refractivity contribution in [3.05, 3.63) is 70.2 Å². The number of anilines is 2. The van der Waals surface area contributed by atoms with Crippen molar-refractivity contribution in [2.45, 2.75) is 20.3 Å². The molecule has 0 bridgehead atoms. The van der Waals surface area contributed by atoms with Gasteiger partial charge in [0, 0.05) is 15.0 Å². The Bertz CT molecular complexity index is 1020. The van der Waals surface area contributed by atoms with Crippen LogP contribution in [-0.2, 0) is 11.2 Å². The lowest BCUT2D eigenvalue weighted by atomic mass is 10.1. The fraction of sp³-hybridized carbons (Fsp3) is 0.182. The fourth-order valence-electron chi connectivity index (χ4n) is 2.82. The van der Waals surface area contributed by atoms with Crippen molar-refractivity contribution in [2.24, 2.45) is 0 Å². The van der Waals surface area contributed by atoms with E-state index >= 15 is 0 Å². The molecule has 0 fully saturated rings. The zero-order valence-electron chi connectivity index (χ0n) is 16.1. The van der Waals surface area contributed by atoms with Crippen molar-refractivity contribution in [3.8, 4) is 10.4 Å². The van der Waals surface area contributed by atoms with Crippen LogP contribution in [0.25, 0.3) is 10.4 Å². The van der Waals surface area contributed by atoms with Crippen LogP contribution in [0.2, 0.25) is 0 Å². The number of carbonyl (C=O) groups is 1. The van der Waals surface area contributed by atoms with Crippen LogP contribution in [0, 0.1) is 0 Å². The van der Waals surface area contributed by atoms with Gasteiger partial charge in [0.15, 0.2) is 5.11 Å². The summed E-state index contributed by atoms with van der Waals surface area (Å²) >= 11 is 10.5. The van der Waals surface area contributed by atoms with Gasteiger partial charge in [0.2, 0.25) is 0 Å². The van der Waals surface area contributed by atoms with Crippen LogP contribution < -0.4 is 10.6 Å². The number of thiophene rings is 1. The molecule has 0 amide bonds. The van der Waals surface area contributed by atoms with Crippen molar-refractivity contribution < 1.29 is 9.53 Å². The van der Waals surface area contributed by atoms with Crippen LogP contribution in [0.4, 0.5) is 10.7 Å². The molecule has 0 saturated heterocycles. The third kappa shape index (κ3) is 5.44. The minimum atomic E-state index is -0.367. The van der Waals surface area contributed by atoms with Crippen LogP contribution in [0.15, 0.2) is 59.1 Å². The molecule has 29 heavy (non-hydrogen) atoms. The Morgan fingerprint density at radius 3 is 2.55 bits per heavy atom. The molecule has 4 nitrogen and oxygen atoms in total. The first-order valence-corrected chi connectivity index (χ1v) is 11.3. The van der Waals surface area contributed by atoms with E-state index in [0.717, 1.165) is 32.6 Å². The number of ether oxygens (including phenoxy) is 1. The largest absolute Gasteiger partial charge is 0.462 e. The van der Waals surface area contributed by atoms with Gasteiger partial charge in [-0.15, -0.1) is 11.3 Å². The highest BCUT2D eigenvalue weighted by molar-refractivity contribution is 9.10. The second-order valence-electron chi connectivity index (χ2n) is 6.17. The molecule has 0 unspecified atom stereocenters. The molecule has 0 saturated carbocycles. The zero-order valence-corrected chi connectivity index (χ0v) is 19.3. The predicted octanol–water partition coefficient (Wildman–Crippen LogP) is 6.73. The van der Waals surface area contributed by atoms with Crippen molar-refractivity contribution in [1.29, 1.82) is 0 Å². The molecular weight excluding hydrogens is 468 g/mol. The molecule has 1 aromatic heterocycles. The number of rotatable bonds is 6. The van der Waals surface area contributed by atoms with Gasteiger partial charge in [-0.1, -0.05) is 53.2 Å². The quantitative estimate of drug-likeness (QED) is 0.297. The van der Waals surface area contributed by atoms with Gasteiger partial charge in [0.25, 0.3) is 0 Å². The third-order valence-electron chi connectivity index (χ3n) is 4.21. The Kier molecular flexibility index (Phi) is 7.41. The summed E-state index contributed by atoms with van der Waals surface area (Å²) in [6, 6.07) is 17.8. The number of nitrogens with one attached hydrogen (secondary N) is 2. The number of benzene rings is 2. The van der Waals surface area contributed by atoms with Gasteiger partial charge in [-0.05, 0) is 61.0 Å². The number of halogens is 1. The molecule has 0 radical (unpaired) electrons. The standard InChI is InChI=1S/C22H21BrN2O2S2/c1-3-14-12-16(23)10-11-18(14)24-22(28)25-20-17(21(26)27-4-2)13-19(29-20)15-8-6-5-7-9-15/h5-13H,3-4H2,1-2H3,(H2,24,25,28). The highest BCUT2D eigenvalue weighted by Crippen LogP contribution is 2.36. The van der Waals surface area contributed by atoms with Crippen LogP contribution in [0.1, 0.15) is 29.8 Å². The summed E-state index contributed by atoms with van der Waals surface area (Å²) in [6.45, 7) is 4.20. The van der Waals surface area contributed by atoms with Gasteiger partial charge in [-0.25, -0.2) is 4.79 Å².